The van der Waals surface area contributed by atoms with Crippen LogP contribution in [0, 0.1) is 5.82 Å². The van der Waals surface area contributed by atoms with Gasteiger partial charge < -0.3 is 10.1 Å². The number of nitrogens with zero attached hydrogens (tertiary/aromatic N) is 2. The second kappa shape index (κ2) is 9.36. The molecule has 5 nitrogen and oxygen atoms in total. The van der Waals surface area contributed by atoms with E-state index in [9.17, 15) is 22.4 Å². The molecule has 1 aliphatic rings. The van der Waals surface area contributed by atoms with Gasteiger partial charge in [-0.05, 0) is 35.9 Å². The van der Waals surface area contributed by atoms with E-state index in [4.69, 9.17) is 17.0 Å². The lowest BCUT2D eigenvalue weighted by Gasteiger charge is -2.11. The second-order valence-electron chi connectivity index (χ2n) is 6.89. The van der Waals surface area contributed by atoms with Crippen molar-refractivity contribution in [2.24, 2.45) is 0 Å². The van der Waals surface area contributed by atoms with Crippen molar-refractivity contribution in [3.05, 3.63) is 82.1 Å². The van der Waals surface area contributed by atoms with E-state index in [0.717, 1.165) is 28.1 Å². The first-order chi connectivity index (χ1) is 15.7. The van der Waals surface area contributed by atoms with E-state index in [0.29, 0.717) is 12.1 Å². The minimum atomic E-state index is -4.80. The number of nitrogens with one attached hydrogen (secondary N) is 1. The van der Waals surface area contributed by atoms with Crippen LogP contribution in [-0.2, 0) is 17.4 Å². The minimum absolute atomic E-state index is 0.00139. The molecule has 0 saturated carbocycles. The molecule has 0 aliphatic carbocycles. The Morgan fingerprint density at radius 1 is 1.12 bits per heavy atom. The predicted molar refractivity (Wildman–Crippen MR) is 120 cm³/mol. The highest BCUT2D eigenvalue weighted by atomic mass is 32.2. The first kappa shape index (κ1) is 23.0. The second-order valence-corrected chi connectivity index (χ2v) is 8.61. The van der Waals surface area contributed by atoms with Crippen LogP contribution in [0.4, 0.5) is 17.6 Å². The average Bonchev–Trinajstić information content (AvgIpc) is 3.29. The number of thioether (sulfide) groups is 1. The fourth-order valence-electron chi connectivity index (χ4n) is 3.11. The summed E-state index contributed by atoms with van der Waals surface area (Å²) >= 11 is 5.79. The van der Waals surface area contributed by atoms with E-state index in [1.54, 1.807) is 42.5 Å². The van der Waals surface area contributed by atoms with Crippen LogP contribution in [-0.4, -0.2) is 26.6 Å². The lowest BCUT2D eigenvalue weighted by Crippen LogP contribution is -2.17. The first-order valence-electron chi connectivity index (χ1n) is 9.60. The van der Waals surface area contributed by atoms with Gasteiger partial charge in [0.25, 0.3) is 5.91 Å². The Kier molecular flexibility index (Phi) is 6.52. The number of hydrogen-bond acceptors (Lipinski definition) is 5. The van der Waals surface area contributed by atoms with Gasteiger partial charge in [-0.1, -0.05) is 54.3 Å². The molecule has 33 heavy (non-hydrogen) atoms. The van der Waals surface area contributed by atoms with Crippen molar-refractivity contribution in [1.29, 1.82) is 0 Å². The summed E-state index contributed by atoms with van der Waals surface area (Å²) in [4.78, 5) is 12.1. The number of carbonyl (C=O) groups excluding carboxylic acids is 1. The summed E-state index contributed by atoms with van der Waals surface area (Å²) in [6.45, 7) is -0.00458. The molecular formula is C22H15F4N3O2S2. The van der Waals surface area contributed by atoms with Crippen molar-refractivity contribution in [2.75, 3.05) is 6.61 Å². The Hall–Kier alpha value is -3.18. The van der Waals surface area contributed by atoms with Crippen molar-refractivity contribution in [2.45, 2.75) is 12.6 Å². The molecule has 3 aromatic rings. The summed E-state index contributed by atoms with van der Waals surface area (Å²) in [7, 11) is 0. The highest BCUT2D eigenvalue weighted by Gasteiger charge is 2.40. The summed E-state index contributed by atoms with van der Waals surface area (Å²) in [6.07, 6.45) is -3.40. The molecule has 1 saturated heterocycles. The van der Waals surface area contributed by atoms with Crippen LogP contribution in [0.2, 0.25) is 0 Å². The third-order valence-corrected chi connectivity index (χ3v) is 5.77. The topological polar surface area (TPSA) is 56.2 Å². The molecule has 11 heteroatoms. The summed E-state index contributed by atoms with van der Waals surface area (Å²) in [5.74, 6) is -1.16. The maximum absolute atomic E-state index is 13.9. The fraction of sp³-hybridized carbons (Fsp3) is 0.136. The zero-order valence-corrected chi connectivity index (χ0v) is 18.4. The largest absolute Gasteiger partial charge is 0.477 e. The summed E-state index contributed by atoms with van der Waals surface area (Å²) in [6, 6.07) is 13.9. The minimum Gasteiger partial charge on any atom is -0.477 e. The number of alkyl halides is 3. The zero-order chi connectivity index (χ0) is 23.6. The Labute approximate surface area is 195 Å². The molecule has 0 bridgehead atoms. The molecule has 0 spiro atoms. The van der Waals surface area contributed by atoms with Crippen molar-refractivity contribution < 1.29 is 27.1 Å². The van der Waals surface area contributed by atoms with Gasteiger partial charge in [-0.2, -0.15) is 23.0 Å². The van der Waals surface area contributed by atoms with Gasteiger partial charge in [0.05, 0.1) is 22.8 Å². The molecule has 2 aromatic carbocycles. The molecule has 0 radical (unpaired) electrons. The maximum atomic E-state index is 13.9. The lowest BCUT2D eigenvalue weighted by molar-refractivity contribution is -0.141. The van der Waals surface area contributed by atoms with Crippen LogP contribution in [0.5, 0.6) is 5.88 Å². The van der Waals surface area contributed by atoms with Crippen LogP contribution < -0.4 is 10.1 Å². The van der Waals surface area contributed by atoms with Gasteiger partial charge >= 0.3 is 6.18 Å². The Morgan fingerprint density at radius 2 is 1.82 bits per heavy atom. The van der Waals surface area contributed by atoms with Crippen LogP contribution in [0.25, 0.3) is 11.8 Å². The van der Waals surface area contributed by atoms with Gasteiger partial charge in [-0.3, -0.25) is 4.79 Å². The van der Waals surface area contributed by atoms with Gasteiger partial charge in [0, 0.05) is 6.42 Å². The Bertz CT molecular complexity index is 1220. The third-order valence-electron chi connectivity index (χ3n) is 4.61. The van der Waals surface area contributed by atoms with Crippen LogP contribution in [0.3, 0.4) is 0 Å². The van der Waals surface area contributed by atoms with Gasteiger partial charge in [-0.25, -0.2) is 4.39 Å². The number of thiocarbonyl (C=S) groups is 1. The number of aromatic nitrogens is 2. The summed E-state index contributed by atoms with van der Waals surface area (Å²) < 4.78 is 61.8. The summed E-state index contributed by atoms with van der Waals surface area (Å²) in [5.41, 5.74) is -0.479. The lowest BCUT2D eigenvalue weighted by atomic mass is 10.1. The van der Waals surface area contributed by atoms with Crippen LogP contribution in [0.1, 0.15) is 16.8 Å². The molecule has 1 fully saturated rings. The molecule has 2 heterocycles. The SMILES string of the molecule is O=C1NC(=S)S/C1=C\c1c(C(F)(F)F)nn(-c2ccccc2)c1OCCc1ccc(F)cc1. The number of para-hydroxylation sites is 1. The third kappa shape index (κ3) is 5.25. The molecule has 170 valence electrons. The molecule has 1 amide bonds. The molecule has 0 unspecified atom stereocenters. The number of ether oxygens (including phenoxy) is 1. The van der Waals surface area contributed by atoms with Crippen molar-refractivity contribution >= 4 is 40.3 Å². The maximum Gasteiger partial charge on any atom is 0.435 e. The normalized spacial score (nSPS) is 15.2. The highest BCUT2D eigenvalue weighted by molar-refractivity contribution is 8.26. The van der Waals surface area contributed by atoms with Crippen LogP contribution in [0.15, 0.2) is 59.5 Å². The monoisotopic (exact) mass is 493 g/mol. The van der Waals surface area contributed by atoms with E-state index in [1.807, 2.05) is 0 Å². The molecule has 0 atom stereocenters. The quantitative estimate of drug-likeness (QED) is 0.293. The Morgan fingerprint density at radius 3 is 2.42 bits per heavy atom. The van der Waals surface area contributed by atoms with Gasteiger partial charge in [0.15, 0.2) is 5.69 Å². The zero-order valence-electron chi connectivity index (χ0n) is 16.7. The Balaban J connectivity index is 1.77. The number of hydrogen-bond donors (Lipinski definition) is 1. The fourth-order valence-corrected chi connectivity index (χ4v) is 4.13. The standard InChI is InChI=1S/C22H15F4N3O2S2/c23-14-8-6-13(7-9-14)10-11-31-20-16(12-17-19(30)27-21(32)33-17)18(22(24,25)26)28-29(20)15-4-2-1-3-5-15/h1-9,12H,10-11H2,(H,27,30,32)/b17-12-. The van der Waals surface area contributed by atoms with Crippen molar-refractivity contribution in [3.8, 4) is 11.6 Å². The molecule has 1 aliphatic heterocycles. The van der Waals surface area contributed by atoms with Gasteiger partial charge in [-0.15, -0.1) is 0 Å². The molecule has 1 N–H and O–H groups in total. The van der Waals surface area contributed by atoms with E-state index in [2.05, 4.69) is 10.4 Å². The number of benzene rings is 2. The number of carbonyl (C=O) groups is 1. The number of amides is 1. The average molecular weight is 494 g/mol. The highest BCUT2D eigenvalue weighted by Crippen LogP contribution is 2.40. The number of halogens is 4. The van der Waals surface area contributed by atoms with Gasteiger partial charge in [0.2, 0.25) is 5.88 Å². The molecular weight excluding hydrogens is 478 g/mol. The summed E-state index contributed by atoms with van der Waals surface area (Å²) in [5, 5.41) is 6.15. The molecule has 1 aromatic heterocycles. The first-order valence-corrected chi connectivity index (χ1v) is 10.8. The van der Waals surface area contributed by atoms with E-state index < -0.39 is 23.6 Å². The van der Waals surface area contributed by atoms with Gasteiger partial charge in [0.1, 0.15) is 10.1 Å². The van der Waals surface area contributed by atoms with E-state index in [1.165, 1.54) is 12.1 Å². The predicted octanol–water partition coefficient (Wildman–Crippen LogP) is 5.14. The van der Waals surface area contributed by atoms with Crippen molar-refractivity contribution in [1.82, 2.24) is 15.1 Å². The van der Waals surface area contributed by atoms with E-state index >= 15 is 0 Å². The van der Waals surface area contributed by atoms with Crippen molar-refractivity contribution in [3.63, 3.8) is 0 Å². The number of rotatable bonds is 6. The molecule has 4 rings (SSSR count). The van der Waals surface area contributed by atoms with Crippen LogP contribution >= 0.6 is 24.0 Å². The van der Waals surface area contributed by atoms with E-state index in [-0.39, 0.29) is 27.3 Å². The smallest absolute Gasteiger partial charge is 0.435 e.